The normalized spacial score (nSPS) is 27.0. The molecule has 3 heteroatoms. The Bertz CT molecular complexity index is 311. The molecule has 1 N–H and O–H groups in total. The van der Waals surface area contributed by atoms with Crippen LogP contribution in [0.1, 0.15) is 42.3 Å². The molecule has 2 fully saturated rings. The molecule has 1 aromatic rings. The molecule has 76 valence electrons. The van der Waals surface area contributed by atoms with Crippen molar-refractivity contribution in [3.8, 4) is 0 Å². The smallest absolute Gasteiger partial charge is 0.0959 e. The molecule has 2 aliphatic rings. The van der Waals surface area contributed by atoms with Crippen LogP contribution in [0.25, 0.3) is 0 Å². The van der Waals surface area contributed by atoms with Gasteiger partial charge in [-0.3, -0.25) is 0 Å². The van der Waals surface area contributed by atoms with Gasteiger partial charge in [0.25, 0.3) is 0 Å². The Morgan fingerprint density at radius 3 is 3.07 bits per heavy atom. The number of nitrogens with zero attached hydrogens (tertiary/aromatic N) is 1. The van der Waals surface area contributed by atoms with E-state index in [4.69, 9.17) is 4.98 Å². The third-order valence-corrected chi connectivity index (χ3v) is 4.17. The van der Waals surface area contributed by atoms with Crippen LogP contribution < -0.4 is 5.32 Å². The molecule has 0 amide bonds. The first kappa shape index (κ1) is 8.86. The predicted octanol–water partition coefficient (Wildman–Crippen LogP) is 2.31. The van der Waals surface area contributed by atoms with Gasteiger partial charge in [-0.25, -0.2) is 4.98 Å². The zero-order valence-corrected chi connectivity index (χ0v) is 9.15. The van der Waals surface area contributed by atoms with Crippen molar-refractivity contribution in [2.45, 2.75) is 44.1 Å². The highest BCUT2D eigenvalue weighted by Crippen LogP contribution is 2.41. The van der Waals surface area contributed by atoms with E-state index in [9.17, 15) is 0 Å². The van der Waals surface area contributed by atoms with Gasteiger partial charge in [0, 0.05) is 23.8 Å². The van der Waals surface area contributed by atoms with Crippen molar-refractivity contribution in [2.75, 3.05) is 6.54 Å². The van der Waals surface area contributed by atoms with Crippen LogP contribution in [0.5, 0.6) is 0 Å². The van der Waals surface area contributed by atoms with Crippen LogP contribution in [0.3, 0.4) is 0 Å². The maximum absolute atomic E-state index is 4.71. The van der Waals surface area contributed by atoms with Gasteiger partial charge in [0.1, 0.15) is 0 Å². The van der Waals surface area contributed by atoms with E-state index in [0.717, 1.165) is 12.3 Å². The Kier molecular flexibility index (Phi) is 2.30. The molecule has 2 heterocycles. The largest absolute Gasteiger partial charge is 0.314 e. The molecular weight excluding hydrogens is 192 g/mol. The van der Waals surface area contributed by atoms with E-state index in [0.29, 0.717) is 6.04 Å². The quantitative estimate of drug-likeness (QED) is 0.824. The molecule has 1 atom stereocenters. The molecule has 1 saturated carbocycles. The van der Waals surface area contributed by atoms with Crippen molar-refractivity contribution in [1.82, 2.24) is 10.3 Å². The van der Waals surface area contributed by atoms with Gasteiger partial charge in [0.2, 0.25) is 0 Å². The third kappa shape index (κ3) is 1.84. The molecule has 14 heavy (non-hydrogen) atoms. The van der Waals surface area contributed by atoms with Crippen LogP contribution in [0.2, 0.25) is 0 Å². The van der Waals surface area contributed by atoms with E-state index in [2.05, 4.69) is 10.7 Å². The summed E-state index contributed by atoms with van der Waals surface area (Å²) in [6.45, 7) is 1.20. The van der Waals surface area contributed by atoms with E-state index in [1.54, 1.807) is 0 Å². The van der Waals surface area contributed by atoms with Gasteiger partial charge < -0.3 is 5.32 Å². The summed E-state index contributed by atoms with van der Waals surface area (Å²) in [5.74, 6) is 0.824. The maximum Gasteiger partial charge on any atom is 0.0959 e. The average Bonchev–Trinajstić information content (AvgIpc) is 2.75. The van der Waals surface area contributed by atoms with Gasteiger partial charge in [0.05, 0.1) is 10.7 Å². The van der Waals surface area contributed by atoms with Gasteiger partial charge >= 0.3 is 0 Å². The Morgan fingerprint density at radius 1 is 1.43 bits per heavy atom. The molecule has 2 nitrogen and oxygen atoms in total. The molecule has 0 bridgehead atoms. The van der Waals surface area contributed by atoms with Gasteiger partial charge in [-0.1, -0.05) is 0 Å². The van der Waals surface area contributed by atoms with Crippen LogP contribution in [-0.2, 0) is 6.42 Å². The summed E-state index contributed by atoms with van der Waals surface area (Å²) in [5.41, 5.74) is 1.32. The molecule has 1 unspecified atom stereocenters. The van der Waals surface area contributed by atoms with E-state index in [1.165, 1.54) is 42.9 Å². The van der Waals surface area contributed by atoms with Crippen LogP contribution in [0, 0.1) is 0 Å². The Labute approximate surface area is 88.7 Å². The molecule has 1 aliphatic carbocycles. The minimum Gasteiger partial charge on any atom is -0.314 e. The van der Waals surface area contributed by atoms with Crippen molar-refractivity contribution in [3.63, 3.8) is 0 Å². The molecule has 1 saturated heterocycles. The predicted molar refractivity (Wildman–Crippen MR) is 58.8 cm³/mol. The molecule has 0 aromatic carbocycles. The lowest BCUT2D eigenvalue weighted by molar-refractivity contribution is 0.596. The summed E-state index contributed by atoms with van der Waals surface area (Å²) >= 11 is 1.86. The first-order chi connectivity index (χ1) is 6.92. The first-order valence-corrected chi connectivity index (χ1v) is 6.47. The van der Waals surface area contributed by atoms with Gasteiger partial charge in [0.15, 0.2) is 0 Å². The van der Waals surface area contributed by atoms with Crippen molar-refractivity contribution < 1.29 is 0 Å². The van der Waals surface area contributed by atoms with Crippen molar-refractivity contribution in [1.29, 1.82) is 0 Å². The highest BCUT2D eigenvalue weighted by Gasteiger charge is 2.27. The van der Waals surface area contributed by atoms with Gasteiger partial charge in [-0.05, 0) is 32.2 Å². The zero-order valence-electron chi connectivity index (χ0n) is 8.33. The fourth-order valence-corrected chi connectivity index (χ4v) is 3.12. The number of nitrogens with one attached hydrogen (secondary N) is 1. The summed E-state index contributed by atoms with van der Waals surface area (Å²) in [6, 6.07) is 0.698. The summed E-state index contributed by atoms with van der Waals surface area (Å²) in [6.07, 6.45) is 6.55. The summed E-state index contributed by atoms with van der Waals surface area (Å²) < 4.78 is 0. The summed E-state index contributed by atoms with van der Waals surface area (Å²) in [5, 5.41) is 7.17. The Balaban J connectivity index is 1.64. The van der Waals surface area contributed by atoms with Crippen LogP contribution >= 0.6 is 11.3 Å². The van der Waals surface area contributed by atoms with Crippen LogP contribution in [-0.4, -0.2) is 17.6 Å². The van der Waals surface area contributed by atoms with Crippen LogP contribution in [0.4, 0.5) is 0 Å². The number of thiazole rings is 1. The molecule has 1 aliphatic heterocycles. The van der Waals surface area contributed by atoms with E-state index < -0.39 is 0 Å². The Hall–Kier alpha value is -0.410. The second kappa shape index (κ2) is 3.63. The molecular formula is C11H16N2S. The average molecular weight is 208 g/mol. The van der Waals surface area contributed by atoms with E-state index in [1.807, 2.05) is 11.3 Å². The highest BCUT2D eigenvalue weighted by molar-refractivity contribution is 7.09. The SMILES string of the molecule is c1sc(C2CC2)nc1CC1CCCN1. The van der Waals surface area contributed by atoms with Crippen molar-refractivity contribution >= 4 is 11.3 Å². The first-order valence-electron chi connectivity index (χ1n) is 5.59. The van der Waals surface area contributed by atoms with Gasteiger partial charge in [-0.2, -0.15) is 0 Å². The van der Waals surface area contributed by atoms with E-state index >= 15 is 0 Å². The van der Waals surface area contributed by atoms with Crippen LogP contribution in [0.15, 0.2) is 5.38 Å². The molecule has 0 spiro atoms. The lowest BCUT2D eigenvalue weighted by Crippen LogP contribution is -2.23. The molecule has 3 rings (SSSR count). The minimum atomic E-state index is 0.698. The lowest BCUT2D eigenvalue weighted by Gasteiger charge is -2.06. The third-order valence-electron chi connectivity index (χ3n) is 3.11. The van der Waals surface area contributed by atoms with Crippen molar-refractivity contribution in [3.05, 3.63) is 16.1 Å². The monoisotopic (exact) mass is 208 g/mol. The maximum atomic E-state index is 4.71. The second-order valence-corrected chi connectivity index (χ2v) is 5.34. The number of hydrogen-bond donors (Lipinski definition) is 1. The number of aromatic nitrogens is 1. The topological polar surface area (TPSA) is 24.9 Å². The fourth-order valence-electron chi connectivity index (χ4n) is 2.12. The van der Waals surface area contributed by atoms with Crippen molar-refractivity contribution in [2.24, 2.45) is 0 Å². The zero-order chi connectivity index (χ0) is 9.38. The molecule has 0 radical (unpaired) electrons. The molecule has 1 aromatic heterocycles. The minimum absolute atomic E-state index is 0.698. The summed E-state index contributed by atoms with van der Waals surface area (Å²) in [7, 11) is 0. The number of rotatable bonds is 3. The standard InChI is InChI=1S/C11H16N2S/c1-2-9(12-5-1)6-10-7-14-11(13-10)8-3-4-8/h7-9,12H,1-6H2. The highest BCUT2D eigenvalue weighted by atomic mass is 32.1. The second-order valence-electron chi connectivity index (χ2n) is 4.45. The Morgan fingerprint density at radius 2 is 2.36 bits per heavy atom. The van der Waals surface area contributed by atoms with E-state index in [-0.39, 0.29) is 0 Å². The van der Waals surface area contributed by atoms with Gasteiger partial charge in [-0.15, -0.1) is 11.3 Å². The lowest BCUT2D eigenvalue weighted by atomic mass is 10.1. The number of hydrogen-bond acceptors (Lipinski definition) is 3. The summed E-state index contributed by atoms with van der Waals surface area (Å²) in [4.78, 5) is 4.71. The fraction of sp³-hybridized carbons (Fsp3) is 0.727.